The third kappa shape index (κ3) is 4.66. The van der Waals surface area contributed by atoms with Crippen LogP contribution in [0.2, 0.25) is 0 Å². The van der Waals surface area contributed by atoms with Gasteiger partial charge < -0.3 is 26.0 Å². The number of rotatable bonds is 6. The molecule has 1 unspecified atom stereocenters. The van der Waals surface area contributed by atoms with Crippen LogP contribution in [0.1, 0.15) is 18.8 Å². The zero-order chi connectivity index (χ0) is 14.4. The number of aromatic amines is 1. The predicted octanol–water partition coefficient (Wildman–Crippen LogP) is -0.948. The average Bonchev–Trinajstić information content (AvgIpc) is 2.79. The van der Waals surface area contributed by atoms with Gasteiger partial charge in [-0.25, -0.2) is 9.78 Å². The quantitative estimate of drug-likeness (QED) is 0.527. The molecular weight excluding hydrogens is 254 g/mol. The number of aliphatic carboxylic acids is 1. The lowest BCUT2D eigenvalue weighted by Gasteiger charge is -2.21. The minimum absolute atomic E-state index is 0.452. The molecule has 5 N–H and O–H groups in total. The molecule has 1 aromatic heterocycles. The van der Waals surface area contributed by atoms with Gasteiger partial charge in [0.15, 0.2) is 0 Å². The van der Waals surface area contributed by atoms with Gasteiger partial charge in [0.05, 0.1) is 6.04 Å². The van der Waals surface area contributed by atoms with Crippen LogP contribution in [0.15, 0.2) is 12.4 Å². The van der Waals surface area contributed by atoms with E-state index in [-0.39, 0.29) is 0 Å². The molecule has 3 amide bonds. The van der Waals surface area contributed by atoms with Crippen molar-refractivity contribution in [2.45, 2.75) is 13.0 Å². The summed E-state index contributed by atoms with van der Waals surface area (Å²) in [6.07, 6.45) is 3.12. The summed E-state index contributed by atoms with van der Waals surface area (Å²) >= 11 is 0. The monoisotopic (exact) mass is 269 g/mol. The van der Waals surface area contributed by atoms with E-state index in [9.17, 15) is 14.4 Å². The van der Waals surface area contributed by atoms with Crippen LogP contribution in [-0.2, 0) is 9.59 Å². The second kappa shape index (κ2) is 6.38. The van der Waals surface area contributed by atoms with Crippen molar-refractivity contribution in [2.75, 3.05) is 13.1 Å². The molecule has 0 aliphatic carbocycles. The number of urea groups is 1. The van der Waals surface area contributed by atoms with E-state index in [1.165, 1.54) is 6.20 Å². The lowest BCUT2D eigenvalue weighted by molar-refractivity contribution is -0.137. The summed E-state index contributed by atoms with van der Waals surface area (Å²) < 4.78 is 0. The minimum Gasteiger partial charge on any atom is -0.480 e. The molecule has 0 spiro atoms. The summed E-state index contributed by atoms with van der Waals surface area (Å²) in [5, 5.41) is 11.2. The number of amides is 3. The maximum Gasteiger partial charge on any atom is 0.323 e. The van der Waals surface area contributed by atoms with Crippen LogP contribution in [0.5, 0.6) is 0 Å². The summed E-state index contributed by atoms with van der Waals surface area (Å²) in [4.78, 5) is 40.8. The van der Waals surface area contributed by atoms with Gasteiger partial charge >= 0.3 is 12.0 Å². The van der Waals surface area contributed by atoms with E-state index < -0.39 is 37.0 Å². The third-order valence-corrected chi connectivity index (χ3v) is 2.23. The number of imidazole rings is 1. The smallest absolute Gasteiger partial charge is 0.323 e. The van der Waals surface area contributed by atoms with Crippen molar-refractivity contribution < 1.29 is 19.5 Å². The van der Waals surface area contributed by atoms with E-state index in [2.05, 4.69) is 15.3 Å². The van der Waals surface area contributed by atoms with Crippen LogP contribution >= 0.6 is 0 Å². The second-order valence-corrected chi connectivity index (χ2v) is 3.86. The largest absolute Gasteiger partial charge is 0.480 e. The molecule has 0 aliphatic heterocycles. The van der Waals surface area contributed by atoms with Crippen molar-refractivity contribution >= 4 is 17.9 Å². The number of carboxylic acid groups (broad SMARTS) is 1. The number of carbonyl (C=O) groups excluding carboxylic acids is 2. The summed E-state index contributed by atoms with van der Waals surface area (Å²) in [5.41, 5.74) is 4.96. The lowest BCUT2D eigenvalue weighted by Crippen LogP contribution is -2.47. The Balaban J connectivity index is 2.65. The number of primary amides is 1. The number of nitrogens with zero attached hydrogens (tertiary/aromatic N) is 2. The van der Waals surface area contributed by atoms with Crippen LogP contribution in [0, 0.1) is 0 Å². The van der Waals surface area contributed by atoms with Gasteiger partial charge in [0.1, 0.15) is 18.9 Å². The van der Waals surface area contributed by atoms with Gasteiger partial charge in [-0.1, -0.05) is 0 Å². The fourth-order valence-electron chi connectivity index (χ4n) is 1.41. The minimum atomic E-state index is -1.23. The predicted molar refractivity (Wildman–Crippen MR) is 63.9 cm³/mol. The van der Waals surface area contributed by atoms with Crippen molar-refractivity contribution in [1.82, 2.24) is 20.2 Å². The first-order valence-electron chi connectivity index (χ1n) is 5.45. The Kier molecular flexibility index (Phi) is 4.86. The van der Waals surface area contributed by atoms with E-state index in [4.69, 9.17) is 10.8 Å². The highest BCUT2D eigenvalue weighted by atomic mass is 16.4. The third-order valence-electron chi connectivity index (χ3n) is 2.23. The number of carboxylic acids is 1. The van der Waals surface area contributed by atoms with Gasteiger partial charge in [0.25, 0.3) is 0 Å². The lowest BCUT2D eigenvalue weighted by atomic mass is 10.3. The van der Waals surface area contributed by atoms with Gasteiger partial charge in [-0.05, 0) is 6.92 Å². The SMILES string of the molecule is CC(NC(=O)N(CC(N)=O)CC(=O)O)c1ncc[nH]1. The van der Waals surface area contributed by atoms with Gasteiger partial charge in [0.2, 0.25) is 5.91 Å². The molecule has 1 atom stereocenters. The Morgan fingerprint density at radius 1 is 1.53 bits per heavy atom. The molecule has 0 aliphatic rings. The Bertz CT molecular complexity index is 442. The molecule has 0 bridgehead atoms. The van der Waals surface area contributed by atoms with Crippen molar-refractivity contribution in [3.8, 4) is 0 Å². The molecule has 1 heterocycles. The van der Waals surface area contributed by atoms with Crippen molar-refractivity contribution in [3.63, 3.8) is 0 Å². The zero-order valence-electron chi connectivity index (χ0n) is 10.3. The number of hydrogen-bond acceptors (Lipinski definition) is 4. The zero-order valence-corrected chi connectivity index (χ0v) is 10.3. The van der Waals surface area contributed by atoms with E-state index in [1.54, 1.807) is 13.1 Å². The Hall–Kier alpha value is -2.58. The standard InChI is InChI=1S/C10H15N5O4/c1-6(9-12-2-3-13-9)14-10(19)15(4-7(11)16)5-8(17)18/h2-3,6H,4-5H2,1H3,(H2,11,16)(H,12,13)(H,14,19)(H,17,18). The van der Waals surface area contributed by atoms with Crippen LogP contribution in [0.3, 0.4) is 0 Å². The maximum atomic E-state index is 11.8. The van der Waals surface area contributed by atoms with Crippen LogP contribution in [0.25, 0.3) is 0 Å². The van der Waals surface area contributed by atoms with Crippen molar-refractivity contribution in [2.24, 2.45) is 5.73 Å². The Morgan fingerprint density at radius 2 is 2.21 bits per heavy atom. The van der Waals surface area contributed by atoms with Crippen molar-refractivity contribution in [1.29, 1.82) is 0 Å². The Labute approximate surface area is 108 Å². The van der Waals surface area contributed by atoms with E-state index in [0.717, 1.165) is 4.90 Å². The summed E-state index contributed by atoms with van der Waals surface area (Å²) in [6.45, 7) is 0.586. The molecule has 0 radical (unpaired) electrons. The first kappa shape index (κ1) is 14.5. The average molecular weight is 269 g/mol. The number of nitrogens with one attached hydrogen (secondary N) is 2. The molecule has 1 rings (SSSR count). The molecule has 104 valence electrons. The number of aromatic nitrogens is 2. The van der Waals surface area contributed by atoms with E-state index in [0.29, 0.717) is 5.82 Å². The molecular formula is C10H15N5O4. The Morgan fingerprint density at radius 3 is 2.68 bits per heavy atom. The van der Waals surface area contributed by atoms with Gasteiger partial charge in [0, 0.05) is 12.4 Å². The van der Waals surface area contributed by atoms with Gasteiger partial charge in [-0.2, -0.15) is 0 Å². The van der Waals surface area contributed by atoms with Crippen LogP contribution < -0.4 is 11.1 Å². The molecule has 19 heavy (non-hydrogen) atoms. The highest BCUT2D eigenvalue weighted by Crippen LogP contribution is 2.06. The summed E-state index contributed by atoms with van der Waals surface area (Å²) in [6, 6.07) is -1.16. The highest BCUT2D eigenvalue weighted by Gasteiger charge is 2.21. The maximum absolute atomic E-state index is 11.8. The number of carbonyl (C=O) groups is 3. The number of hydrogen-bond donors (Lipinski definition) is 4. The van der Waals surface area contributed by atoms with E-state index in [1.807, 2.05) is 0 Å². The molecule has 0 aromatic carbocycles. The summed E-state index contributed by atoms with van der Waals surface area (Å²) in [5.74, 6) is -1.51. The molecule has 0 saturated heterocycles. The molecule has 9 nitrogen and oxygen atoms in total. The molecule has 0 fully saturated rings. The topological polar surface area (TPSA) is 141 Å². The normalized spacial score (nSPS) is 11.6. The molecule has 1 aromatic rings. The first-order valence-corrected chi connectivity index (χ1v) is 5.45. The number of nitrogens with two attached hydrogens (primary N) is 1. The first-order chi connectivity index (χ1) is 8.90. The molecule has 9 heteroatoms. The van der Waals surface area contributed by atoms with Crippen LogP contribution in [0.4, 0.5) is 4.79 Å². The number of H-pyrrole nitrogens is 1. The van der Waals surface area contributed by atoms with Crippen LogP contribution in [-0.4, -0.2) is 51.0 Å². The second-order valence-electron chi connectivity index (χ2n) is 3.86. The molecule has 0 saturated carbocycles. The fourth-order valence-corrected chi connectivity index (χ4v) is 1.41. The highest BCUT2D eigenvalue weighted by molar-refractivity contribution is 5.86. The van der Waals surface area contributed by atoms with Gasteiger partial charge in [-0.3, -0.25) is 9.59 Å². The van der Waals surface area contributed by atoms with E-state index >= 15 is 0 Å². The van der Waals surface area contributed by atoms with Crippen molar-refractivity contribution in [3.05, 3.63) is 18.2 Å². The fraction of sp³-hybridized carbons (Fsp3) is 0.400. The van der Waals surface area contributed by atoms with Gasteiger partial charge in [-0.15, -0.1) is 0 Å². The summed E-state index contributed by atoms with van der Waals surface area (Å²) in [7, 11) is 0.